The summed E-state index contributed by atoms with van der Waals surface area (Å²) in [5.74, 6) is -0.428. The minimum Gasteiger partial charge on any atom is -0.362 e. The third kappa shape index (κ3) is 6.51. The molecule has 1 fully saturated rings. The molecule has 0 unspecified atom stereocenters. The van der Waals surface area contributed by atoms with Gasteiger partial charge in [-0.05, 0) is 31.4 Å². The minimum atomic E-state index is -3.25. The van der Waals surface area contributed by atoms with Crippen molar-refractivity contribution in [3.05, 3.63) is 64.6 Å². The maximum absolute atomic E-state index is 12.4. The maximum Gasteiger partial charge on any atom is 0.289 e. The molecule has 1 aromatic carbocycles. The topological polar surface area (TPSA) is 92.3 Å². The predicted molar refractivity (Wildman–Crippen MR) is 123 cm³/mol. The molecule has 31 heavy (non-hydrogen) atoms. The summed E-state index contributed by atoms with van der Waals surface area (Å²) in [5.41, 5.74) is 1.92. The van der Waals surface area contributed by atoms with Crippen LogP contribution in [0.25, 0.3) is 0 Å². The lowest BCUT2D eigenvalue weighted by Gasteiger charge is -2.32. The van der Waals surface area contributed by atoms with Gasteiger partial charge >= 0.3 is 0 Å². The van der Waals surface area contributed by atoms with E-state index in [-0.39, 0.29) is 11.9 Å². The molecular weight excluding hydrogens is 436 g/mol. The van der Waals surface area contributed by atoms with Crippen LogP contribution in [0.3, 0.4) is 0 Å². The van der Waals surface area contributed by atoms with Gasteiger partial charge in [0.1, 0.15) is 0 Å². The van der Waals surface area contributed by atoms with Crippen LogP contribution in [0.2, 0.25) is 5.02 Å². The molecule has 1 saturated heterocycles. The van der Waals surface area contributed by atoms with Crippen LogP contribution in [0.5, 0.6) is 0 Å². The lowest BCUT2D eigenvalue weighted by molar-refractivity contribution is 0.0936. The zero-order chi connectivity index (χ0) is 22.4. The number of rotatable bonds is 6. The Morgan fingerprint density at radius 2 is 1.94 bits per heavy atom. The SMILES string of the molecule is C[C@H](/C=C/S(C)(=O)=O)NC(=O)c1ncc(N2CCCCC[C@H]2c2ccccc2Cl)cn1. The van der Waals surface area contributed by atoms with Crippen LogP contribution >= 0.6 is 11.6 Å². The molecule has 0 bridgehead atoms. The molecule has 2 heterocycles. The first kappa shape index (κ1) is 23.2. The summed E-state index contributed by atoms with van der Waals surface area (Å²) < 4.78 is 22.4. The van der Waals surface area contributed by atoms with Crippen molar-refractivity contribution in [2.45, 2.75) is 44.7 Å². The standard InChI is InChI=1S/C22H27ClN4O3S/c1-16(11-13-31(2,29)30)26-22(28)21-24-14-17(15-25-21)27-12-7-3-4-10-20(27)18-8-5-6-9-19(18)23/h5-6,8-9,11,13-16,20H,3-4,7,10,12H2,1-2H3,(H,26,28)/b13-11+/t16-,20+/m1/s1. The Balaban J connectivity index is 1.76. The van der Waals surface area contributed by atoms with Gasteiger partial charge in [0.2, 0.25) is 5.82 Å². The number of nitrogens with one attached hydrogen (secondary N) is 1. The Hall–Kier alpha value is -2.45. The molecule has 3 rings (SSSR count). The van der Waals surface area contributed by atoms with Crippen molar-refractivity contribution in [2.75, 3.05) is 17.7 Å². The molecular formula is C22H27ClN4O3S. The van der Waals surface area contributed by atoms with E-state index in [1.165, 1.54) is 6.08 Å². The van der Waals surface area contributed by atoms with Crippen molar-refractivity contribution in [1.82, 2.24) is 15.3 Å². The molecule has 9 heteroatoms. The molecule has 0 spiro atoms. The Morgan fingerprint density at radius 3 is 2.61 bits per heavy atom. The van der Waals surface area contributed by atoms with Gasteiger partial charge in [-0.2, -0.15) is 0 Å². The lowest BCUT2D eigenvalue weighted by atomic mass is 10.0. The van der Waals surface area contributed by atoms with Crippen LogP contribution in [-0.4, -0.2) is 43.1 Å². The summed E-state index contributed by atoms with van der Waals surface area (Å²) in [5, 5.41) is 4.48. The summed E-state index contributed by atoms with van der Waals surface area (Å²) in [6, 6.07) is 7.53. The molecule has 0 aliphatic carbocycles. The van der Waals surface area contributed by atoms with Crippen LogP contribution in [-0.2, 0) is 9.84 Å². The number of sulfone groups is 1. The number of anilines is 1. The number of amides is 1. The highest BCUT2D eigenvalue weighted by molar-refractivity contribution is 7.93. The quantitative estimate of drug-likeness (QED) is 0.699. The summed E-state index contributed by atoms with van der Waals surface area (Å²) >= 11 is 6.48. The molecule has 1 aliphatic heterocycles. The van der Waals surface area contributed by atoms with Crippen LogP contribution in [0.15, 0.2) is 48.1 Å². The first-order valence-electron chi connectivity index (χ1n) is 10.3. The number of hydrogen-bond acceptors (Lipinski definition) is 6. The van der Waals surface area contributed by atoms with Crippen molar-refractivity contribution in [1.29, 1.82) is 0 Å². The molecule has 0 radical (unpaired) electrons. The highest BCUT2D eigenvalue weighted by Gasteiger charge is 2.25. The summed E-state index contributed by atoms with van der Waals surface area (Å²) in [4.78, 5) is 23.2. The van der Waals surface area contributed by atoms with Gasteiger partial charge < -0.3 is 10.2 Å². The molecule has 0 saturated carbocycles. The third-order valence-corrected chi connectivity index (χ3v) is 6.16. The molecule has 2 aromatic rings. The van der Waals surface area contributed by atoms with E-state index in [0.29, 0.717) is 0 Å². The second-order valence-electron chi connectivity index (χ2n) is 7.77. The zero-order valence-electron chi connectivity index (χ0n) is 17.7. The van der Waals surface area contributed by atoms with E-state index in [9.17, 15) is 13.2 Å². The Morgan fingerprint density at radius 1 is 1.23 bits per heavy atom. The smallest absolute Gasteiger partial charge is 0.289 e. The number of benzene rings is 1. The number of halogens is 1. The average molecular weight is 463 g/mol. The fourth-order valence-corrected chi connectivity index (χ4v) is 4.44. The van der Waals surface area contributed by atoms with Gasteiger partial charge in [0.15, 0.2) is 9.84 Å². The van der Waals surface area contributed by atoms with E-state index in [1.807, 2.05) is 18.2 Å². The van der Waals surface area contributed by atoms with Crippen LogP contribution in [0.4, 0.5) is 5.69 Å². The van der Waals surface area contributed by atoms with Crippen LogP contribution < -0.4 is 10.2 Å². The molecule has 2 atom stereocenters. The first-order valence-corrected chi connectivity index (χ1v) is 12.6. The predicted octanol–water partition coefficient (Wildman–Crippen LogP) is 3.93. The normalized spacial score (nSPS) is 18.5. The summed E-state index contributed by atoms with van der Waals surface area (Å²) in [6.45, 7) is 2.54. The van der Waals surface area contributed by atoms with Gasteiger partial charge in [0, 0.05) is 29.3 Å². The van der Waals surface area contributed by atoms with E-state index in [0.717, 1.165) is 60.2 Å². The van der Waals surface area contributed by atoms with Crippen LogP contribution in [0.1, 0.15) is 54.8 Å². The number of carbonyl (C=O) groups excluding carboxylic acids is 1. The Kier molecular flexibility index (Phi) is 7.67. The second kappa shape index (κ2) is 10.2. The van der Waals surface area contributed by atoms with Crippen molar-refractivity contribution in [2.24, 2.45) is 0 Å². The Labute approximate surface area is 188 Å². The fourth-order valence-electron chi connectivity index (χ4n) is 3.65. The van der Waals surface area contributed by atoms with E-state index in [2.05, 4.69) is 26.3 Å². The lowest BCUT2D eigenvalue weighted by Crippen LogP contribution is -2.33. The molecule has 166 valence electrons. The largest absolute Gasteiger partial charge is 0.362 e. The fraction of sp³-hybridized carbons (Fsp3) is 0.409. The van der Waals surface area contributed by atoms with Gasteiger partial charge in [-0.3, -0.25) is 4.79 Å². The number of nitrogens with zero attached hydrogens (tertiary/aromatic N) is 3. The van der Waals surface area contributed by atoms with E-state index < -0.39 is 21.8 Å². The van der Waals surface area contributed by atoms with Crippen molar-refractivity contribution >= 4 is 33.0 Å². The highest BCUT2D eigenvalue weighted by Crippen LogP contribution is 2.36. The summed E-state index contributed by atoms with van der Waals surface area (Å²) in [6.07, 6.45) is 10.1. The highest BCUT2D eigenvalue weighted by atomic mass is 35.5. The van der Waals surface area contributed by atoms with Gasteiger partial charge in [0.25, 0.3) is 5.91 Å². The third-order valence-electron chi connectivity index (χ3n) is 5.16. The van der Waals surface area contributed by atoms with Gasteiger partial charge in [-0.25, -0.2) is 18.4 Å². The van der Waals surface area contributed by atoms with E-state index in [4.69, 9.17) is 11.6 Å². The monoisotopic (exact) mass is 462 g/mol. The molecule has 1 aromatic heterocycles. The van der Waals surface area contributed by atoms with Gasteiger partial charge in [-0.15, -0.1) is 0 Å². The van der Waals surface area contributed by atoms with Crippen molar-refractivity contribution in [3.8, 4) is 0 Å². The molecule has 1 amide bonds. The second-order valence-corrected chi connectivity index (χ2v) is 10.1. The van der Waals surface area contributed by atoms with E-state index >= 15 is 0 Å². The zero-order valence-corrected chi connectivity index (χ0v) is 19.2. The Bertz CT molecular complexity index is 1040. The number of carbonyl (C=O) groups is 1. The maximum atomic E-state index is 12.4. The molecule has 7 nitrogen and oxygen atoms in total. The first-order chi connectivity index (χ1) is 14.7. The van der Waals surface area contributed by atoms with E-state index in [1.54, 1.807) is 19.3 Å². The minimum absolute atomic E-state index is 0.0347. The molecule has 1 aliphatic rings. The van der Waals surface area contributed by atoms with Gasteiger partial charge in [-0.1, -0.05) is 48.7 Å². The van der Waals surface area contributed by atoms with Crippen LogP contribution in [0, 0.1) is 0 Å². The molecule has 1 N–H and O–H groups in total. The average Bonchev–Trinajstić information content (AvgIpc) is 2.98. The number of hydrogen-bond donors (Lipinski definition) is 1. The summed E-state index contributed by atoms with van der Waals surface area (Å²) in [7, 11) is -3.25. The van der Waals surface area contributed by atoms with Crippen molar-refractivity contribution < 1.29 is 13.2 Å². The van der Waals surface area contributed by atoms with Crippen molar-refractivity contribution in [3.63, 3.8) is 0 Å². The number of aromatic nitrogens is 2. The van der Waals surface area contributed by atoms with Gasteiger partial charge in [0.05, 0.1) is 24.1 Å².